The fourth-order valence-corrected chi connectivity index (χ4v) is 3.59. The third kappa shape index (κ3) is 2.96. The van der Waals surface area contributed by atoms with Crippen molar-refractivity contribution in [2.45, 2.75) is 38.6 Å². The van der Waals surface area contributed by atoms with Gasteiger partial charge in [-0.1, -0.05) is 13.0 Å². The predicted octanol–water partition coefficient (Wildman–Crippen LogP) is 1.68. The first-order chi connectivity index (χ1) is 9.76. The van der Waals surface area contributed by atoms with Crippen LogP contribution >= 0.6 is 0 Å². The summed E-state index contributed by atoms with van der Waals surface area (Å²) in [6.45, 7) is 6.99. The zero-order chi connectivity index (χ0) is 13.9. The average molecular weight is 275 g/mol. The molecule has 0 bridgehead atoms. The fraction of sp³-hybridized carbons (Fsp3) is 0.688. The second-order valence-corrected chi connectivity index (χ2v) is 6.16. The molecule has 0 aromatic carbocycles. The standard InChI is InChI=1S/C16H25N3O/c1-2-19-9-8-12(11-19)10-17-14-4-3-5-15-13(14)6-7-16(20)18-15/h6-7,12,14,17H,2-5,8-11H2,1H3,(H,18,20). The summed E-state index contributed by atoms with van der Waals surface area (Å²) in [5, 5.41) is 3.74. The van der Waals surface area contributed by atoms with Crippen molar-refractivity contribution in [2.24, 2.45) is 5.92 Å². The van der Waals surface area contributed by atoms with Gasteiger partial charge in [-0.2, -0.15) is 0 Å². The number of rotatable bonds is 4. The van der Waals surface area contributed by atoms with Crippen molar-refractivity contribution in [2.75, 3.05) is 26.2 Å². The van der Waals surface area contributed by atoms with E-state index in [0.29, 0.717) is 6.04 Å². The van der Waals surface area contributed by atoms with Crippen molar-refractivity contribution in [1.82, 2.24) is 15.2 Å². The topological polar surface area (TPSA) is 48.1 Å². The van der Waals surface area contributed by atoms with E-state index < -0.39 is 0 Å². The van der Waals surface area contributed by atoms with Gasteiger partial charge in [0.05, 0.1) is 0 Å². The Bertz CT molecular complexity index is 511. The van der Waals surface area contributed by atoms with Crippen LogP contribution in [0.2, 0.25) is 0 Å². The molecule has 1 aromatic heterocycles. The minimum Gasteiger partial charge on any atom is -0.326 e. The van der Waals surface area contributed by atoms with Crippen LogP contribution in [0.25, 0.3) is 0 Å². The monoisotopic (exact) mass is 275 g/mol. The van der Waals surface area contributed by atoms with Crippen LogP contribution in [0.15, 0.2) is 16.9 Å². The molecule has 1 saturated heterocycles. The summed E-state index contributed by atoms with van der Waals surface area (Å²) in [6.07, 6.45) is 4.67. The SMILES string of the molecule is CCN1CCC(CNC2CCCc3[nH]c(=O)ccc32)C1. The van der Waals surface area contributed by atoms with Crippen LogP contribution in [0.4, 0.5) is 0 Å². The third-order valence-electron chi connectivity index (χ3n) is 4.80. The molecule has 0 saturated carbocycles. The lowest BCUT2D eigenvalue weighted by atomic mass is 9.91. The maximum Gasteiger partial charge on any atom is 0.248 e. The van der Waals surface area contributed by atoms with E-state index in [9.17, 15) is 4.79 Å². The lowest BCUT2D eigenvalue weighted by Crippen LogP contribution is -2.32. The van der Waals surface area contributed by atoms with Gasteiger partial charge < -0.3 is 15.2 Å². The molecular formula is C16H25N3O. The third-order valence-corrected chi connectivity index (χ3v) is 4.80. The number of aryl methyl sites for hydroxylation is 1. The molecule has 3 rings (SSSR count). The van der Waals surface area contributed by atoms with E-state index in [-0.39, 0.29) is 5.56 Å². The molecule has 1 aromatic rings. The van der Waals surface area contributed by atoms with Gasteiger partial charge >= 0.3 is 0 Å². The summed E-state index contributed by atoms with van der Waals surface area (Å²) in [7, 11) is 0. The van der Waals surface area contributed by atoms with Crippen molar-refractivity contribution < 1.29 is 0 Å². The van der Waals surface area contributed by atoms with Gasteiger partial charge in [-0.25, -0.2) is 0 Å². The quantitative estimate of drug-likeness (QED) is 0.879. The summed E-state index contributed by atoms with van der Waals surface area (Å²) >= 11 is 0. The lowest BCUT2D eigenvalue weighted by molar-refractivity contribution is 0.331. The molecule has 0 spiro atoms. The van der Waals surface area contributed by atoms with E-state index in [2.05, 4.69) is 22.1 Å². The van der Waals surface area contributed by atoms with Gasteiger partial charge in [0.2, 0.25) is 5.56 Å². The normalized spacial score (nSPS) is 26.6. The lowest BCUT2D eigenvalue weighted by Gasteiger charge is -2.27. The number of aromatic amines is 1. The Morgan fingerprint density at radius 2 is 2.30 bits per heavy atom. The maximum absolute atomic E-state index is 11.4. The zero-order valence-electron chi connectivity index (χ0n) is 12.3. The highest BCUT2D eigenvalue weighted by Gasteiger charge is 2.24. The van der Waals surface area contributed by atoms with Gasteiger partial charge in [0, 0.05) is 24.3 Å². The molecule has 1 aliphatic heterocycles. The Hall–Kier alpha value is -1.13. The highest BCUT2D eigenvalue weighted by atomic mass is 16.1. The summed E-state index contributed by atoms with van der Waals surface area (Å²) in [6, 6.07) is 4.09. The van der Waals surface area contributed by atoms with Crippen molar-refractivity contribution >= 4 is 0 Å². The molecule has 0 radical (unpaired) electrons. The number of likely N-dealkylation sites (tertiary alicyclic amines) is 1. The molecule has 0 amide bonds. The average Bonchev–Trinajstić information content (AvgIpc) is 2.92. The highest BCUT2D eigenvalue weighted by molar-refractivity contribution is 5.26. The van der Waals surface area contributed by atoms with Crippen molar-refractivity contribution in [3.05, 3.63) is 33.7 Å². The number of hydrogen-bond donors (Lipinski definition) is 2. The molecule has 2 atom stereocenters. The summed E-state index contributed by atoms with van der Waals surface area (Å²) in [5.41, 5.74) is 2.47. The van der Waals surface area contributed by atoms with Crippen LogP contribution in [0.5, 0.6) is 0 Å². The van der Waals surface area contributed by atoms with Crippen LogP contribution in [-0.2, 0) is 6.42 Å². The number of nitrogens with zero attached hydrogens (tertiary/aromatic N) is 1. The molecule has 4 nitrogen and oxygen atoms in total. The molecule has 110 valence electrons. The van der Waals surface area contributed by atoms with Gasteiger partial charge in [-0.05, 0) is 56.8 Å². The number of pyridine rings is 1. The number of fused-ring (bicyclic) bond motifs is 1. The Morgan fingerprint density at radius 3 is 3.10 bits per heavy atom. The molecule has 20 heavy (non-hydrogen) atoms. The molecule has 2 N–H and O–H groups in total. The largest absolute Gasteiger partial charge is 0.326 e. The van der Waals surface area contributed by atoms with E-state index in [1.54, 1.807) is 6.07 Å². The second kappa shape index (κ2) is 6.10. The van der Waals surface area contributed by atoms with E-state index in [4.69, 9.17) is 0 Å². The Balaban J connectivity index is 1.61. The van der Waals surface area contributed by atoms with Crippen molar-refractivity contribution in [1.29, 1.82) is 0 Å². The summed E-state index contributed by atoms with van der Waals surface area (Å²) < 4.78 is 0. The minimum atomic E-state index is 0.0266. The number of aromatic nitrogens is 1. The van der Waals surface area contributed by atoms with Gasteiger partial charge in [0.1, 0.15) is 0 Å². The first kappa shape index (κ1) is 13.8. The molecule has 4 heteroatoms. The fourth-order valence-electron chi connectivity index (χ4n) is 3.59. The van der Waals surface area contributed by atoms with Crippen LogP contribution in [0.3, 0.4) is 0 Å². The predicted molar refractivity (Wildman–Crippen MR) is 81.0 cm³/mol. The Kier molecular flexibility index (Phi) is 4.22. The molecule has 2 aliphatic rings. The first-order valence-electron chi connectivity index (χ1n) is 7.94. The smallest absolute Gasteiger partial charge is 0.248 e. The van der Waals surface area contributed by atoms with E-state index in [1.807, 2.05) is 6.07 Å². The number of hydrogen-bond acceptors (Lipinski definition) is 3. The molecular weight excluding hydrogens is 250 g/mol. The number of H-pyrrole nitrogens is 1. The zero-order valence-corrected chi connectivity index (χ0v) is 12.3. The van der Waals surface area contributed by atoms with Crippen LogP contribution in [0, 0.1) is 5.92 Å². The summed E-state index contributed by atoms with van der Waals surface area (Å²) in [5.74, 6) is 0.781. The van der Waals surface area contributed by atoms with Gasteiger partial charge in [-0.3, -0.25) is 4.79 Å². The van der Waals surface area contributed by atoms with Crippen LogP contribution in [-0.4, -0.2) is 36.1 Å². The second-order valence-electron chi connectivity index (χ2n) is 6.16. The van der Waals surface area contributed by atoms with Crippen molar-refractivity contribution in [3.8, 4) is 0 Å². The molecule has 1 fully saturated rings. The van der Waals surface area contributed by atoms with Gasteiger partial charge in [0.25, 0.3) is 0 Å². The Morgan fingerprint density at radius 1 is 1.40 bits per heavy atom. The molecule has 2 unspecified atom stereocenters. The maximum atomic E-state index is 11.4. The van der Waals surface area contributed by atoms with E-state index in [0.717, 1.165) is 31.0 Å². The van der Waals surface area contributed by atoms with Gasteiger partial charge in [0.15, 0.2) is 0 Å². The molecule has 1 aliphatic carbocycles. The summed E-state index contributed by atoms with van der Waals surface area (Å²) in [4.78, 5) is 16.9. The number of nitrogens with one attached hydrogen (secondary N) is 2. The minimum absolute atomic E-state index is 0.0266. The Labute approximate surface area is 120 Å². The van der Waals surface area contributed by atoms with Crippen LogP contribution in [0.1, 0.15) is 43.5 Å². The van der Waals surface area contributed by atoms with Crippen LogP contribution < -0.4 is 10.9 Å². The van der Waals surface area contributed by atoms with E-state index in [1.165, 1.54) is 38.0 Å². The van der Waals surface area contributed by atoms with Gasteiger partial charge in [-0.15, -0.1) is 0 Å². The van der Waals surface area contributed by atoms with Crippen molar-refractivity contribution in [3.63, 3.8) is 0 Å². The highest BCUT2D eigenvalue weighted by Crippen LogP contribution is 2.28. The van der Waals surface area contributed by atoms with E-state index >= 15 is 0 Å². The molecule has 2 heterocycles. The first-order valence-corrected chi connectivity index (χ1v) is 7.94.